The smallest absolute Gasteiger partial charge is 0.271 e. The van der Waals surface area contributed by atoms with Crippen molar-refractivity contribution in [3.63, 3.8) is 0 Å². The van der Waals surface area contributed by atoms with Gasteiger partial charge in [-0.25, -0.2) is 9.82 Å². The summed E-state index contributed by atoms with van der Waals surface area (Å²) in [6.45, 7) is 4.87. The molecule has 0 spiro atoms. The number of hydrogen-bond donors (Lipinski definition) is 2. The maximum Gasteiger partial charge on any atom is 0.271 e. The van der Waals surface area contributed by atoms with E-state index >= 15 is 0 Å². The highest BCUT2D eigenvalue weighted by molar-refractivity contribution is 5.97. The Labute approximate surface area is 184 Å². The molecule has 0 aliphatic heterocycles. The van der Waals surface area contributed by atoms with Crippen LogP contribution in [0.1, 0.15) is 82.0 Å². The number of nitrogens with one attached hydrogen (secondary N) is 1. The minimum atomic E-state index is -0.346. The lowest BCUT2D eigenvalue weighted by atomic mass is 9.45. The first-order chi connectivity index (χ1) is 14.8. The van der Waals surface area contributed by atoms with E-state index in [4.69, 9.17) is 0 Å². The monoisotopic (exact) mass is 426 g/mol. The molecular weight excluding hydrogens is 391 g/mol. The number of benzene rings is 1. The number of hydrogen-bond acceptors (Lipinski definition) is 3. The largest absolute Gasteiger partial charge is 0.393 e. The molecule has 4 nitrogen and oxygen atoms in total. The summed E-state index contributed by atoms with van der Waals surface area (Å²) in [5.74, 6) is 2.17. The van der Waals surface area contributed by atoms with Crippen LogP contribution in [0, 0.1) is 40.3 Å². The molecule has 1 aromatic rings. The van der Waals surface area contributed by atoms with E-state index in [9.17, 15) is 14.3 Å². The molecule has 31 heavy (non-hydrogen) atoms. The van der Waals surface area contributed by atoms with Gasteiger partial charge in [0.2, 0.25) is 0 Å². The predicted octanol–water partition coefficient (Wildman–Crippen LogP) is 5.32. The molecule has 7 unspecified atom stereocenters. The zero-order valence-electron chi connectivity index (χ0n) is 18.7. The fourth-order valence-electron chi connectivity index (χ4n) is 7.99. The molecule has 168 valence electrons. The number of carbonyl (C=O) groups excluding carboxylic acids is 1. The van der Waals surface area contributed by atoms with Gasteiger partial charge >= 0.3 is 0 Å². The number of nitrogens with zero attached hydrogens (tertiary/aromatic N) is 1. The average molecular weight is 427 g/mol. The van der Waals surface area contributed by atoms with Gasteiger partial charge in [0, 0.05) is 16.7 Å². The maximum absolute atomic E-state index is 13.1. The first-order valence-electron chi connectivity index (χ1n) is 12.1. The molecule has 0 radical (unpaired) electrons. The van der Waals surface area contributed by atoms with Gasteiger partial charge in [-0.1, -0.05) is 13.8 Å². The number of aliphatic hydroxyl groups is 1. The normalized spacial score (nSPS) is 43.1. The molecule has 2 N–H and O–H groups in total. The van der Waals surface area contributed by atoms with E-state index in [1.807, 2.05) is 0 Å². The van der Waals surface area contributed by atoms with Gasteiger partial charge in [-0.3, -0.25) is 4.79 Å². The second-order valence-corrected chi connectivity index (χ2v) is 11.1. The number of carbonyl (C=O) groups is 1. The standard InChI is InChI=1S/C26H35FN2O2/c1-25-13-11-19(30)15-17(25)5-8-20-21-9-10-23(26(21,2)14-12-22(20)25)28-29-24(31)16-3-6-18(27)7-4-16/h3-4,6-7,17,19-22,30H,5,8-15H2,1-2H3,(H,29,31)/b28-23+. The Bertz CT molecular complexity index is 884. The third-order valence-electron chi connectivity index (χ3n) is 9.78. The van der Waals surface area contributed by atoms with E-state index in [1.54, 1.807) is 0 Å². The van der Waals surface area contributed by atoms with E-state index in [0.29, 0.717) is 22.8 Å². The Morgan fingerprint density at radius 1 is 1.06 bits per heavy atom. The van der Waals surface area contributed by atoms with Crippen molar-refractivity contribution in [3.8, 4) is 0 Å². The van der Waals surface area contributed by atoms with Crippen molar-refractivity contribution >= 4 is 11.6 Å². The molecule has 7 atom stereocenters. The van der Waals surface area contributed by atoms with Crippen molar-refractivity contribution in [2.24, 2.45) is 39.6 Å². The van der Waals surface area contributed by atoms with Gasteiger partial charge in [-0.2, -0.15) is 5.10 Å². The summed E-state index contributed by atoms with van der Waals surface area (Å²) in [5.41, 5.74) is 4.75. The van der Waals surface area contributed by atoms with E-state index in [0.717, 1.165) is 56.1 Å². The Morgan fingerprint density at radius 2 is 1.84 bits per heavy atom. The van der Waals surface area contributed by atoms with E-state index in [1.165, 1.54) is 43.5 Å². The Balaban J connectivity index is 1.32. The maximum atomic E-state index is 13.1. The molecule has 4 aliphatic rings. The lowest BCUT2D eigenvalue weighted by molar-refractivity contribution is -0.113. The zero-order chi connectivity index (χ0) is 21.8. The molecule has 1 aromatic carbocycles. The zero-order valence-corrected chi connectivity index (χ0v) is 18.7. The van der Waals surface area contributed by atoms with Crippen molar-refractivity contribution in [2.45, 2.75) is 77.7 Å². The van der Waals surface area contributed by atoms with Crippen molar-refractivity contribution in [3.05, 3.63) is 35.6 Å². The average Bonchev–Trinajstić information content (AvgIpc) is 3.09. The van der Waals surface area contributed by atoms with Crippen LogP contribution in [-0.2, 0) is 0 Å². The van der Waals surface area contributed by atoms with Gasteiger partial charge in [-0.15, -0.1) is 0 Å². The molecule has 4 aliphatic carbocycles. The number of amides is 1. The van der Waals surface area contributed by atoms with Gasteiger partial charge < -0.3 is 5.11 Å². The Morgan fingerprint density at radius 3 is 2.61 bits per heavy atom. The quantitative estimate of drug-likeness (QED) is 0.629. The molecule has 0 heterocycles. The third-order valence-corrected chi connectivity index (χ3v) is 9.78. The number of hydrazone groups is 1. The fourth-order valence-corrected chi connectivity index (χ4v) is 7.99. The van der Waals surface area contributed by atoms with Crippen LogP contribution in [0.3, 0.4) is 0 Å². The summed E-state index contributed by atoms with van der Waals surface area (Å²) < 4.78 is 13.1. The van der Waals surface area contributed by atoms with Crippen LogP contribution < -0.4 is 5.43 Å². The van der Waals surface area contributed by atoms with Crippen molar-refractivity contribution in [2.75, 3.05) is 0 Å². The summed E-state index contributed by atoms with van der Waals surface area (Å²) in [6, 6.07) is 5.60. The van der Waals surface area contributed by atoms with Crippen LogP contribution in [0.4, 0.5) is 4.39 Å². The molecule has 0 saturated heterocycles. The van der Waals surface area contributed by atoms with Gasteiger partial charge in [-0.05, 0) is 111 Å². The molecule has 4 fully saturated rings. The lowest BCUT2D eigenvalue weighted by Gasteiger charge is -2.60. The summed E-state index contributed by atoms with van der Waals surface area (Å²) in [6.07, 6.45) is 10.0. The molecular formula is C26H35FN2O2. The van der Waals surface area contributed by atoms with E-state index in [-0.39, 0.29) is 23.2 Å². The lowest BCUT2D eigenvalue weighted by Crippen LogP contribution is -2.54. The number of rotatable bonds is 2. The van der Waals surface area contributed by atoms with Gasteiger partial charge in [0.25, 0.3) is 5.91 Å². The molecule has 0 bridgehead atoms. The molecule has 1 amide bonds. The topological polar surface area (TPSA) is 61.7 Å². The second kappa shape index (κ2) is 7.68. The third kappa shape index (κ3) is 3.44. The summed E-state index contributed by atoms with van der Waals surface area (Å²) in [7, 11) is 0. The van der Waals surface area contributed by atoms with Crippen LogP contribution in [0.5, 0.6) is 0 Å². The minimum absolute atomic E-state index is 0.0641. The Kier molecular flexibility index (Phi) is 5.23. The second-order valence-electron chi connectivity index (χ2n) is 11.1. The number of fused-ring (bicyclic) bond motifs is 5. The molecule has 4 saturated carbocycles. The van der Waals surface area contributed by atoms with Gasteiger partial charge in [0.15, 0.2) is 0 Å². The van der Waals surface area contributed by atoms with Crippen LogP contribution in [0.25, 0.3) is 0 Å². The van der Waals surface area contributed by atoms with Crippen molar-refractivity contribution < 1.29 is 14.3 Å². The van der Waals surface area contributed by atoms with Crippen LogP contribution in [0.2, 0.25) is 0 Å². The van der Waals surface area contributed by atoms with Crippen LogP contribution >= 0.6 is 0 Å². The number of halogens is 1. The molecule has 0 aromatic heterocycles. The summed E-state index contributed by atoms with van der Waals surface area (Å²) >= 11 is 0. The number of aliphatic hydroxyl groups excluding tert-OH is 1. The van der Waals surface area contributed by atoms with E-state index < -0.39 is 0 Å². The highest BCUT2D eigenvalue weighted by atomic mass is 19.1. The van der Waals surface area contributed by atoms with E-state index in [2.05, 4.69) is 24.4 Å². The van der Waals surface area contributed by atoms with Crippen molar-refractivity contribution in [1.29, 1.82) is 0 Å². The van der Waals surface area contributed by atoms with Gasteiger partial charge in [0.05, 0.1) is 6.10 Å². The summed E-state index contributed by atoms with van der Waals surface area (Å²) in [4.78, 5) is 12.5. The first kappa shape index (κ1) is 21.1. The predicted molar refractivity (Wildman–Crippen MR) is 119 cm³/mol. The first-order valence-corrected chi connectivity index (χ1v) is 12.1. The molecule has 5 heteroatoms. The highest BCUT2D eigenvalue weighted by Crippen LogP contribution is 2.65. The Hall–Kier alpha value is -1.75. The SMILES string of the molecule is CC12CCC3C(CCC4CC(O)CCC43C)C1CC/C2=N\NC(=O)c1ccc(F)cc1. The summed E-state index contributed by atoms with van der Waals surface area (Å²) in [5, 5.41) is 14.8. The van der Waals surface area contributed by atoms with Gasteiger partial charge in [0.1, 0.15) is 5.82 Å². The van der Waals surface area contributed by atoms with Crippen molar-refractivity contribution in [1.82, 2.24) is 5.43 Å². The van der Waals surface area contributed by atoms with Crippen LogP contribution in [-0.4, -0.2) is 22.8 Å². The fraction of sp³-hybridized carbons (Fsp3) is 0.692. The van der Waals surface area contributed by atoms with Crippen LogP contribution in [0.15, 0.2) is 29.4 Å². The molecule has 5 rings (SSSR count). The minimum Gasteiger partial charge on any atom is -0.393 e. The highest BCUT2D eigenvalue weighted by Gasteiger charge is 2.59.